The van der Waals surface area contributed by atoms with Crippen LogP contribution in [0.3, 0.4) is 0 Å². The Morgan fingerprint density at radius 1 is 0.426 bits per heavy atom. The second-order valence-electron chi connectivity index (χ2n) is 21.0. The van der Waals surface area contributed by atoms with Crippen LogP contribution >= 0.6 is 0 Å². The number of hydrogen-bond acceptors (Lipinski definition) is 9. The highest BCUT2D eigenvalue weighted by atomic mass is 16.2. The summed E-state index contributed by atoms with van der Waals surface area (Å²) in [5.74, 6) is -6.37. The predicted octanol–water partition coefficient (Wildman–Crippen LogP) is 3.34. The van der Waals surface area contributed by atoms with Crippen molar-refractivity contribution in [3.8, 4) is 0 Å². The highest BCUT2D eigenvalue weighted by Crippen LogP contribution is 2.25. The van der Waals surface area contributed by atoms with E-state index in [0.717, 1.165) is 5.56 Å². The van der Waals surface area contributed by atoms with Crippen molar-refractivity contribution in [2.75, 3.05) is 49.3 Å². The van der Waals surface area contributed by atoms with Crippen molar-refractivity contribution in [1.82, 2.24) is 40.0 Å². The molecule has 0 heterocycles. The lowest BCUT2D eigenvalue weighted by Gasteiger charge is -2.43. The Bertz CT molecular complexity index is 1870. The summed E-state index contributed by atoms with van der Waals surface area (Å²) in [7, 11) is 10.8. The second-order valence-corrected chi connectivity index (χ2v) is 21.0. The molecule has 0 radical (unpaired) electrons. The van der Waals surface area contributed by atoms with Crippen LogP contribution in [0.5, 0.6) is 0 Å². The van der Waals surface area contributed by atoms with Gasteiger partial charge in [-0.05, 0) is 54.0 Å². The zero-order chi connectivity index (χ0) is 53.0. The Labute approximate surface area is 408 Å². The van der Waals surface area contributed by atoms with E-state index in [1.807, 2.05) is 71.9 Å². The molecule has 8 amide bonds. The van der Waals surface area contributed by atoms with Gasteiger partial charge in [-0.25, -0.2) is 0 Å². The number of likely N-dealkylation sites (N-methyl/N-ethyl adjacent to an activating group) is 7. The van der Waals surface area contributed by atoms with Crippen molar-refractivity contribution in [2.24, 2.45) is 47.2 Å². The molecule has 0 unspecified atom stereocenters. The van der Waals surface area contributed by atoms with Gasteiger partial charge in [0.1, 0.15) is 42.3 Å². The largest absolute Gasteiger partial charge is 0.368 e. The van der Waals surface area contributed by atoms with Gasteiger partial charge in [-0.1, -0.05) is 127 Å². The molecule has 1 aromatic rings. The van der Waals surface area contributed by atoms with E-state index in [1.54, 1.807) is 62.4 Å². The Kier molecular flexibility index (Phi) is 23.9. The first-order chi connectivity index (χ1) is 31.3. The van der Waals surface area contributed by atoms with Crippen molar-refractivity contribution in [3.63, 3.8) is 0 Å². The highest BCUT2D eigenvalue weighted by Gasteiger charge is 2.46. The number of benzene rings is 1. The van der Waals surface area contributed by atoms with E-state index in [0.29, 0.717) is 0 Å². The molecule has 0 fully saturated rings. The maximum absolute atomic E-state index is 14.9. The predicted molar refractivity (Wildman–Crippen MR) is 267 cm³/mol. The maximum atomic E-state index is 14.9. The average molecular weight is 956 g/mol. The number of carbonyl (C=O) groups excluding carboxylic acids is 8. The van der Waals surface area contributed by atoms with E-state index in [9.17, 15) is 38.4 Å². The normalized spacial score (nSPS) is 15.4. The van der Waals surface area contributed by atoms with Crippen LogP contribution in [-0.2, 0) is 44.8 Å². The standard InChI is InChI=1S/C51H89N9O8/c1-28(2)37(53-15)45(62)54-38(29(3)4)47(64)57(18)41(32(9)10)49(66)59(20)43(34(13)14)51(68)60(21)42(33(11)12)50(67)58(19)40(31(7)8)48(65)55(16)36(27-35-25-23-22-24-26-35)46(63)56(17)39(30(5)6)44(52)61/h22-26,28-34,36-43,53H,27H2,1-21H3,(H2,52,61)(H,54,62)/t36-,37-,38-,39-,40-,41-,42-,43-/m0/s1. The Hall–Kier alpha value is -5.06. The Morgan fingerprint density at radius 3 is 1.03 bits per heavy atom. The zero-order valence-corrected chi connectivity index (χ0v) is 45.3. The molecule has 0 bridgehead atoms. The minimum absolute atomic E-state index is 0.0447. The first-order valence-corrected chi connectivity index (χ1v) is 24.2. The second kappa shape index (κ2) is 26.6. The van der Waals surface area contributed by atoms with Crippen LogP contribution in [0.2, 0.25) is 0 Å². The summed E-state index contributed by atoms with van der Waals surface area (Å²) in [6.45, 7) is 25.4. The van der Waals surface area contributed by atoms with Crippen LogP contribution in [0.1, 0.15) is 102 Å². The number of primary amides is 1. The lowest BCUT2D eigenvalue weighted by Crippen LogP contribution is -2.63. The van der Waals surface area contributed by atoms with Gasteiger partial charge >= 0.3 is 0 Å². The fourth-order valence-electron chi connectivity index (χ4n) is 9.44. The fraction of sp³-hybridized carbons (Fsp3) is 0.725. The van der Waals surface area contributed by atoms with Crippen LogP contribution in [-0.4, -0.2) is 174 Å². The highest BCUT2D eigenvalue weighted by molar-refractivity contribution is 5.98. The molecule has 68 heavy (non-hydrogen) atoms. The van der Waals surface area contributed by atoms with Gasteiger partial charge in [0.25, 0.3) is 0 Å². The molecule has 0 aliphatic rings. The molecule has 1 rings (SSSR count). The van der Waals surface area contributed by atoms with E-state index in [4.69, 9.17) is 5.73 Å². The third kappa shape index (κ3) is 15.0. The average Bonchev–Trinajstić information content (AvgIpc) is 3.23. The molecule has 0 saturated carbocycles. The quantitative estimate of drug-likeness (QED) is 0.131. The summed E-state index contributed by atoms with van der Waals surface area (Å²) in [6.07, 6.45) is 0.124. The van der Waals surface area contributed by atoms with E-state index < -0.39 is 113 Å². The van der Waals surface area contributed by atoms with E-state index in [1.165, 1.54) is 71.7 Å². The van der Waals surface area contributed by atoms with Crippen LogP contribution in [0.15, 0.2) is 30.3 Å². The molecular weight excluding hydrogens is 867 g/mol. The smallest absolute Gasteiger partial charge is 0.246 e. The van der Waals surface area contributed by atoms with Gasteiger partial charge < -0.3 is 45.8 Å². The summed E-state index contributed by atoms with van der Waals surface area (Å²) in [5, 5.41) is 5.91. The van der Waals surface area contributed by atoms with Gasteiger partial charge in [0, 0.05) is 48.7 Å². The van der Waals surface area contributed by atoms with Gasteiger partial charge in [-0.2, -0.15) is 0 Å². The molecule has 0 saturated heterocycles. The maximum Gasteiger partial charge on any atom is 0.246 e. The summed E-state index contributed by atoms with van der Waals surface area (Å²) >= 11 is 0. The fourth-order valence-corrected chi connectivity index (χ4v) is 9.44. The molecule has 4 N–H and O–H groups in total. The Morgan fingerprint density at radius 2 is 0.735 bits per heavy atom. The van der Waals surface area contributed by atoms with Gasteiger partial charge in [0.15, 0.2) is 0 Å². The minimum atomic E-state index is -1.08. The number of amides is 8. The summed E-state index contributed by atoms with van der Waals surface area (Å²) in [4.78, 5) is 122. The van der Waals surface area contributed by atoms with E-state index >= 15 is 0 Å². The Balaban J connectivity index is 3.68. The molecule has 0 spiro atoms. The summed E-state index contributed by atoms with van der Waals surface area (Å²) in [6, 6.07) is 1.48. The van der Waals surface area contributed by atoms with Crippen molar-refractivity contribution in [3.05, 3.63) is 35.9 Å². The van der Waals surface area contributed by atoms with Gasteiger partial charge in [0.05, 0.1) is 6.04 Å². The van der Waals surface area contributed by atoms with Crippen LogP contribution in [0.25, 0.3) is 0 Å². The first kappa shape index (κ1) is 61.0. The van der Waals surface area contributed by atoms with Gasteiger partial charge in [-0.3, -0.25) is 38.4 Å². The molecular formula is C51H89N9O8. The molecule has 386 valence electrons. The van der Waals surface area contributed by atoms with Crippen LogP contribution in [0.4, 0.5) is 0 Å². The number of rotatable bonds is 25. The molecule has 0 aromatic heterocycles. The molecule has 17 nitrogen and oxygen atoms in total. The number of nitrogens with two attached hydrogens (primary N) is 1. The van der Waals surface area contributed by atoms with Crippen molar-refractivity contribution in [2.45, 2.75) is 152 Å². The number of carbonyl (C=O) groups is 8. The van der Waals surface area contributed by atoms with Gasteiger partial charge in [-0.15, -0.1) is 0 Å². The van der Waals surface area contributed by atoms with Crippen LogP contribution in [0, 0.1) is 41.4 Å². The SMILES string of the molecule is CN[C@H](C(=O)N[C@H](C(=O)N(C)[C@H](C(=O)N(C)[C@H](C(=O)N(C)[C@H](C(=O)N(C)[C@H](C(=O)N(C)[C@@H](Cc1ccccc1)C(=O)N(C)[C@H](C(N)=O)C(C)C)C(C)C)C(C)C)C(C)C)C(C)C)C(C)C)C(C)C. The monoisotopic (exact) mass is 956 g/mol. The first-order valence-electron chi connectivity index (χ1n) is 24.2. The summed E-state index contributed by atoms with van der Waals surface area (Å²) in [5.41, 5.74) is 6.53. The van der Waals surface area contributed by atoms with Crippen LogP contribution < -0.4 is 16.4 Å². The number of nitrogens with one attached hydrogen (secondary N) is 2. The van der Waals surface area contributed by atoms with E-state index in [2.05, 4.69) is 10.6 Å². The third-order valence-electron chi connectivity index (χ3n) is 13.1. The van der Waals surface area contributed by atoms with E-state index in [-0.39, 0.29) is 30.1 Å². The molecule has 0 aliphatic carbocycles. The molecule has 17 heteroatoms. The molecule has 8 atom stereocenters. The molecule has 1 aromatic carbocycles. The zero-order valence-electron chi connectivity index (χ0n) is 45.3. The summed E-state index contributed by atoms with van der Waals surface area (Å²) < 4.78 is 0. The van der Waals surface area contributed by atoms with Crippen molar-refractivity contribution >= 4 is 47.3 Å². The lowest BCUT2D eigenvalue weighted by atomic mass is 9.93. The van der Waals surface area contributed by atoms with Crippen molar-refractivity contribution in [1.29, 1.82) is 0 Å². The van der Waals surface area contributed by atoms with Crippen molar-refractivity contribution < 1.29 is 38.4 Å². The topological polar surface area (TPSA) is 206 Å². The van der Waals surface area contributed by atoms with Gasteiger partial charge in [0.2, 0.25) is 47.3 Å². The number of nitrogens with zero attached hydrogens (tertiary/aromatic N) is 6. The number of hydrogen-bond donors (Lipinski definition) is 3. The molecule has 0 aliphatic heterocycles. The lowest BCUT2D eigenvalue weighted by molar-refractivity contribution is -0.159. The third-order valence-corrected chi connectivity index (χ3v) is 13.1. The minimum Gasteiger partial charge on any atom is -0.368 e.